The Hall–Kier alpha value is -3.55. The molecule has 0 radical (unpaired) electrons. The lowest BCUT2D eigenvalue weighted by molar-refractivity contribution is -0.115. The van der Waals surface area contributed by atoms with E-state index in [9.17, 15) is 14.4 Å². The predicted octanol–water partition coefficient (Wildman–Crippen LogP) is 2.43. The maximum Gasteiger partial charge on any atom is 0.344 e. The summed E-state index contributed by atoms with van der Waals surface area (Å²) in [5, 5.41) is 6.89. The molecule has 0 atom stereocenters. The zero-order valence-corrected chi connectivity index (χ0v) is 14.9. The summed E-state index contributed by atoms with van der Waals surface area (Å²) in [6.07, 6.45) is 3.60. The van der Waals surface area contributed by atoms with Crippen molar-refractivity contribution in [1.29, 1.82) is 0 Å². The molecule has 0 fully saturated rings. The van der Waals surface area contributed by atoms with Crippen LogP contribution in [-0.4, -0.2) is 38.9 Å². The van der Waals surface area contributed by atoms with Crippen molar-refractivity contribution in [2.24, 2.45) is 0 Å². The molecule has 27 heavy (non-hydrogen) atoms. The molecule has 0 aliphatic heterocycles. The molecule has 0 unspecified atom stereocenters. The second-order valence-electron chi connectivity index (χ2n) is 5.83. The molecule has 0 bridgehead atoms. The van der Waals surface area contributed by atoms with Crippen molar-refractivity contribution < 1.29 is 19.1 Å². The monoisotopic (exact) mass is 366 g/mol. The van der Waals surface area contributed by atoms with Crippen molar-refractivity contribution in [2.45, 2.75) is 20.3 Å². The van der Waals surface area contributed by atoms with Gasteiger partial charge in [0.2, 0.25) is 5.91 Å². The molecular formula is C19H18N4O4. The summed E-state index contributed by atoms with van der Waals surface area (Å²) in [5.74, 6) is -1.11. The molecule has 1 N–H and O–H groups in total. The Bertz CT molecular complexity index is 1010. The number of carbonyl (C=O) groups excluding carboxylic acids is 3. The van der Waals surface area contributed by atoms with Crippen LogP contribution >= 0.6 is 0 Å². The fraction of sp³-hybridized carbons (Fsp3) is 0.211. The number of hydrogen-bond donors (Lipinski definition) is 1. The van der Waals surface area contributed by atoms with Crippen LogP contribution in [0.2, 0.25) is 0 Å². The first-order valence-corrected chi connectivity index (χ1v) is 8.39. The van der Waals surface area contributed by atoms with Crippen LogP contribution in [0.1, 0.15) is 39.8 Å². The van der Waals surface area contributed by atoms with Crippen LogP contribution in [0.5, 0.6) is 0 Å². The number of carbonyl (C=O) groups is 3. The molecule has 1 amide bonds. The van der Waals surface area contributed by atoms with E-state index in [0.717, 1.165) is 0 Å². The average Bonchev–Trinajstić information content (AvgIpc) is 3.02. The highest BCUT2D eigenvalue weighted by Gasteiger charge is 2.20. The molecule has 3 rings (SSSR count). The fourth-order valence-corrected chi connectivity index (χ4v) is 2.51. The molecule has 0 aliphatic carbocycles. The normalized spacial score (nSPS) is 10.6. The highest BCUT2D eigenvalue weighted by molar-refractivity contribution is 6.01. The minimum atomic E-state index is -0.652. The Balaban J connectivity index is 1.65. The van der Waals surface area contributed by atoms with Gasteiger partial charge in [-0.2, -0.15) is 5.10 Å². The molecule has 138 valence electrons. The zero-order chi connectivity index (χ0) is 19.4. The summed E-state index contributed by atoms with van der Waals surface area (Å²) in [6, 6.07) is 8.10. The molecule has 0 saturated carbocycles. The second kappa shape index (κ2) is 7.77. The number of rotatable bonds is 6. The SMILES string of the molecule is CCC(=O)Nc1ccc(C(=O)COC(=O)c2c(C)nn3cccnc23)cc1. The van der Waals surface area contributed by atoms with Gasteiger partial charge in [-0.3, -0.25) is 9.59 Å². The van der Waals surface area contributed by atoms with Crippen molar-refractivity contribution in [1.82, 2.24) is 14.6 Å². The number of esters is 1. The quantitative estimate of drug-likeness (QED) is 0.531. The third kappa shape index (κ3) is 4.00. The fourth-order valence-electron chi connectivity index (χ4n) is 2.51. The number of aromatic nitrogens is 3. The second-order valence-corrected chi connectivity index (χ2v) is 5.83. The van der Waals surface area contributed by atoms with Crippen LogP contribution < -0.4 is 5.32 Å². The van der Waals surface area contributed by atoms with E-state index in [1.807, 2.05) is 0 Å². The van der Waals surface area contributed by atoms with Crippen molar-refractivity contribution in [3.63, 3.8) is 0 Å². The van der Waals surface area contributed by atoms with Gasteiger partial charge in [-0.1, -0.05) is 6.92 Å². The number of nitrogens with one attached hydrogen (secondary N) is 1. The Kier molecular flexibility index (Phi) is 5.25. The summed E-state index contributed by atoms with van der Waals surface area (Å²) in [5.41, 5.74) is 2.07. The van der Waals surface area contributed by atoms with Crippen LogP contribution in [0.15, 0.2) is 42.7 Å². The van der Waals surface area contributed by atoms with Crippen LogP contribution in [-0.2, 0) is 9.53 Å². The van der Waals surface area contributed by atoms with E-state index < -0.39 is 12.6 Å². The molecule has 1 aromatic carbocycles. The maximum absolute atomic E-state index is 12.4. The number of hydrogen-bond acceptors (Lipinski definition) is 6. The van der Waals surface area contributed by atoms with Crippen molar-refractivity contribution in [3.8, 4) is 0 Å². The van der Waals surface area contributed by atoms with Gasteiger partial charge in [0.1, 0.15) is 5.56 Å². The van der Waals surface area contributed by atoms with E-state index in [2.05, 4.69) is 15.4 Å². The lowest BCUT2D eigenvalue weighted by Gasteiger charge is -2.06. The standard InChI is InChI=1S/C19H18N4O4/c1-3-16(25)21-14-7-5-13(6-8-14)15(24)11-27-19(26)17-12(2)22-23-10-4-9-20-18(17)23/h4-10H,3,11H2,1-2H3,(H,21,25). The van der Waals surface area contributed by atoms with Crippen molar-refractivity contribution in [2.75, 3.05) is 11.9 Å². The van der Waals surface area contributed by atoms with Gasteiger partial charge < -0.3 is 10.1 Å². The molecular weight excluding hydrogens is 348 g/mol. The Labute approximate surface area is 155 Å². The summed E-state index contributed by atoms with van der Waals surface area (Å²) >= 11 is 0. The molecule has 8 heteroatoms. The zero-order valence-electron chi connectivity index (χ0n) is 14.9. The number of anilines is 1. The van der Waals surface area contributed by atoms with E-state index in [-0.39, 0.29) is 17.3 Å². The number of aryl methyl sites for hydroxylation is 1. The largest absolute Gasteiger partial charge is 0.454 e. The lowest BCUT2D eigenvalue weighted by Crippen LogP contribution is -2.15. The highest BCUT2D eigenvalue weighted by atomic mass is 16.5. The van der Waals surface area contributed by atoms with E-state index in [4.69, 9.17) is 4.74 Å². The molecule has 2 heterocycles. The van der Waals surface area contributed by atoms with Gasteiger partial charge in [0.25, 0.3) is 0 Å². The number of ether oxygens (including phenoxy) is 1. The first-order chi connectivity index (χ1) is 13.0. The van der Waals surface area contributed by atoms with E-state index in [0.29, 0.717) is 29.0 Å². The van der Waals surface area contributed by atoms with E-state index in [1.165, 1.54) is 4.52 Å². The number of ketones is 1. The average molecular weight is 366 g/mol. The number of benzene rings is 1. The highest BCUT2D eigenvalue weighted by Crippen LogP contribution is 2.15. The predicted molar refractivity (Wildman–Crippen MR) is 97.7 cm³/mol. The topological polar surface area (TPSA) is 103 Å². The first kappa shape index (κ1) is 18.2. The van der Waals surface area contributed by atoms with Gasteiger partial charge in [-0.05, 0) is 37.3 Å². The molecule has 3 aromatic rings. The molecule has 8 nitrogen and oxygen atoms in total. The summed E-state index contributed by atoms with van der Waals surface area (Å²) in [6.45, 7) is 3.03. The molecule has 0 spiro atoms. The lowest BCUT2D eigenvalue weighted by atomic mass is 10.1. The third-order valence-corrected chi connectivity index (χ3v) is 3.92. The summed E-state index contributed by atoms with van der Waals surface area (Å²) in [4.78, 5) is 40.1. The Morgan fingerprint density at radius 2 is 1.93 bits per heavy atom. The van der Waals surface area contributed by atoms with Crippen LogP contribution in [0.4, 0.5) is 5.69 Å². The summed E-state index contributed by atoms with van der Waals surface area (Å²) < 4.78 is 6.64. The number of Topliss-reactive ketones (excluding diaryl/α,β-unsaturated/α-hetero) is 1. The summed E-state index contributed by atoms with van der Waals surface area (Å²) in [7, 11) is 0. The van der Waals surface area contributed by atoms with Crippen LogP contribution in [0, 0.1) is 6.92 Å². The van der Waals surface area contributed by atoms with E-state index >= 15 is 0 Å². The number of nitrogens with zero attached hydrogens (tertiary/aromatic N) is 3. The van der Waals surface area contributed by atoms with Crippen molar-refractivity contribution >= 4 is 29.0 Å². The van der Waals surface area contributed by atoms with Gasteiger partial charge >= 0.3 is 5.97 Å². The van der Waals surface area contributed by atoms with Gasteiger partial charge in [-0.25, -0.2) is 14.3 Å². The van der Waals surface area contributed by atoms with Crippen LogP contribution in [0.3, 0.4) is 0 Å². The molecule has 2 aromatic heterocycles. The number of fused-ring (bicyclic) bond motifs is 1. The van der Waals surface area contributed by atoms with Gasteiger partial charge in [0, 0.05) is 30.1 Å². The Morgan fingerprint density at radius 1 is 1.19 bits per heavy atom. The van der Waals surface area contributed by atoms with Crippen molar-refractivity contribution in [3.05, 3.63) is 59.5 Å². The first-order valence-electron chi connectivity index (χ1n) is 8.39. The third-order valence-electron chi connectivity index (χ3n) is 3.92. The van der Waals surface area contributed by atoms with Gasteiger partial charge in [-0.15, -0.1) is 0 Å². The molecule has 0 saturated heterocycles. The Morgan fingerprint density at radius 3 is 2.63 bits per heavy atom. The van der Waals surface area contributed by atoms with Crippen LogP contribution in [0.25, 0.3) is 5.65 Å². The van der Waals surface area contributed by atoms with Gasteiger partial charge in [0.05, 0.1) is 5.69 Å². The smallest absolute Gasteiger partial charge is 0.344 e. The minimum absolute atomic E-state index is 0.111. The number of amides is 1. The van der Waals surface area contributed by atoms with Gasteiger partial charge in [0.15, 0.2) is 18.0 Å². The van der Waals surface area contributed by atoms with E-state index in [1.54, 1.807) is 56.6 Å². The maximum atomic E-state index is 12.4. The molecule has 0 aliphatic rings. The minimum Gasteiger partial charge on any atom is -0.454 e.